The topological polar surface area (TPSA) is 77.9 Å². The molecule has 31 heavy (non-hydrogen) atoms. The number of aromatic nitrogens is 1. The first-order chi connectivity index (χ1) is 15.1. The normalized spacial score (nSPS) is 11.2. The molecule has 0 saturated carbocycles. The molecule has 0 aliphatic rings. The zero-order chi connectivity index (χ0) is 21.8. The van der Waals surface area contributed by atoms with Gasteiger partial charge in [-0.3, -0.25) is 4.79 Å². The van der Waals surface area contributed by atoms with Gasteiger partial charge in [0.05, 0.1) is 18.3 Å². The van der Waals surface area contributed by atoms with Crippen molar-refractivity contribution < 1.29 is 9.53 Å². The molecule has 152 valence electrons. The van der Waals surface area contributed by atoms with E-state index < -0.39 is 5.91 Å². The van der Waals surface area contributed by atoms with Crippen molar-refractivity contribution in [1.82, 2.24) is 4.98 Å². The molecule has 0 atom stereocenters. The third kappa shape index (κ3) is 4.16. The summed E-state index contributed by atoms with van der Waals surface area (Å²) in [6.07, 6.45) is 1.60. The van der Waals surface area contributed by atoms with Gasteiger partial charge in [0.1, 0.15) is 17.4 Å². The maximum absolute atomic E-state index is 12.8. The second-order valence-corrected chi connectivity index (χ2v) is 7.23. The molecule has 1 amide bonds. The number of nitriles is 1. The number of amides is 1. The Labute approximate surface area is 184 Å². The average Bonchev–Trinajstić information content (AvgIpc) is 3.18. The first-order valence-electron chi connectivity index (χ1n) is 9.53. The molecule has 0 bridgehead atoms. The largest absolute Gasteiger partial charge is 0.495 e. The van der Waals surface area contributed by atoms with Crippen LogP contribution in [0.1, 0.15) is 5.56 Å². The van der Waals surface area contributed by atoms with Gasteiger partial charge in [-0.1, -0.05) is 54.1 Å². The Bertz CT molecular complexity index is 1320. The van der Waals surface area contributed by atoms with Gasteiger partial charge < -0.3 is 15.0 Å². The molecule has 4 aromatic rings. The number of nitrogens with zero attached hydrogens (tertiary/aromatic N) is 1. The molecule has 4 rings (SSSR count). The van der Waals surface area contributed by atoms with Crippen molar-refractivity contribution >= 4 is 40.2 Å². The number of carbonyl (C=O) groups is 1. The van der Waals surface area contributed by atoms with Gasteiger partial charge in [0.25, 0.3) is 5.91 Å². The van der Waals surface area contributed by atoms with Crippen LogP contribution >= 0.6 is 11.6 Å². The van der Waals surface area contributed by atoms with E-state index in [0.29, 0.717) is 16.5 Å². The quantitative estimate of drug-likeness (QED) is 0.301. The zero-order valence-electron chi connectivity index (χ0n) is 16.6. The lowest BCUT2D eigenvalue weighted by molar-refractivity contribution is -0.112. The zero-order valence-corrected chi connectivity index (χ0v) is 17.4. The first kappa shape index (κ1) is 20.3. The van der Waals surface area contributed by atoms with Gasteiger partial charge in [0, 0.05) is 21.7 Å². The Morgan fingerprint density at radius 2 is 1.81 bits per heavy atom. The molecule has 0 saturated heterocycles. The Morgan fingerprint density at radius 3 is 2.48 bits per heavy atom. The van der Waals surface area contributed by atoms with E-state index in [0.717, 1.165) is 27.7 Å². The Balaban J connectivity index is 1.83. The molecule has 0 radical (unpaired) electrons. The fourth-order valence-electron chi connectivity index (χ4n) is 3.39. The number of H-pyrrole nitrogens is 1. The molecular formula is C25H18ClN3O2. The van der Waals surface area contributed by atoms with Crippen LogP contribution in [0.25, 0.3) is 28.2 Å². The van der Waals surface area contributed by atoms with Crippen LogP contribution in [0.15, 0.2) is 78.4 Å². The predicted octanol–water partition coefficient (Wildman–Crippen LogP) is 6.04. The molecule has 1 heterocycles. The molecule has 0 aliphatic heterocycles. The second-order valence-electron chi connectivity index (χ2n) is 6.79. The number of aromatic amines is 1. The summed E-state index contributed by atoms with van der Waals surface area (Å²) in [6, 6.07) is 24.1. The minimum absolute atomic E-state index is 0.0177. The summed E-state index contributed by atoms with van der Waals surface area (Å²) in [4.78, 5) is 16.2. The SMILES string of the molecule is COc1cccc2c(/C=C(\C#N)C(=O)Nc3ccc(Cl)cc3)c(-c3ccccc3)[nH]c12. The van der Waals surface area contributed by atoms with Gasteiger partial charge >= 0.3 is 0 Å². The number of fused-ring (bicyclic) bond motifs is 1. The fraction of sp³-hybridized carbons (Fsp3) is 0.0400. The van der Waals surface area contributed by atoms with Crippen LogP contribution < -0.4 is 10.1 Å². The lowest BCUT2D eigenvalue weighted by Gasteiger charge is -2.05. The van der Waals surface area contributed by atoms with Gasteiger partial charge in [-0.05, 0) is 42.0 Å². The lowest BCUT2D eigenvalue weighted by atomic mass is 10.0. The van der Waals surface area contributed by atoms with E-state index in [2.05, 4.69) is 10.3 Å². The summed E-state index contributed by atoms with van der Waals surface area (Å²) in [5, 5.41) is 13.9. The number of hydrogen-bond donors (Lipinski definition) is 2. The van der Waals surface area contributed by atoms with Gasteiger partial charge in [-0.25, -0.2) is 0 Å². The van der Waals surface area contributed by atoms with E-state index in [1.54, 1.807) is 37.5 Å². The van der Waals surface area contributed by atoms with Crippen molar-refractivity contribution in [2.24, 2.45) is 0 Å². The molecule has 0 unspecified atom stereocenters. The molecule has 0 spiro atoms. The van der Waals surface area contributed by atoms with Crippen LogP contribution in [-0.4, -0.2) is 18.0 Å². The van der Waals surface area contributed by atoms with Crippen molar-refractivity contribution in [2.45, 2.75) is 0 Å². The van der Waals surface area contributed by atoms with Crippen LogP contribution in [0.3, 0.4) is 0 Å². The molecule has 0 aliphatic carbocycles. The van der Waals surface area contributed by atoms with E-state index in [-0.39, 0.29) is 5.57 Å². The number of halogens is 1. The van der Waals surface area contributed by atoms with Crippen molar-refractivity contribution in [3.8, 4) is 23.1 Å². The predicted molar refractivity (Wildman–Crippen MR) is 124 cm³/mol. The van der Waals surface area contributed by atoms with Crippen LogP contribution in [0, 0.1) is 11.3 Å². The third-order valence-electron chi connectivity index (χ3n) is 4.87. The monoisotopic (exact) mass is 427 g/mol. The first-order valence-corrected chi connectivity index (χ1v) is 9.91. The molecule has 3 aromatic carbocycles. The number of ether oxygens (including phenoxy) is 1. The summed E-state index contributed by atoms with van der Waals surface area (Å²) >= 11 is 5.90. The van der Waals surface area contributed by atoms with Crippen molar-refractivity contribution in [2.75, 3.05) is 12.4 Å². The molecule has 6 heteroatoms. The molecule has 5 nitrogen and oxygen atoms in total. The average molecular weight is 428 g/mol. The van der Waals surface area contributed by atoms with E-state index in [9.17, 15) is 10.1 Å². The summed E-state index contributed by atoms with van der Waals surface area (Å²) in [6.45, 7) is 0. The summed E-state index contributed by atoms with van der Waals surface area (Å²) in [5.74, 6) is 0.180. The highest BCUT2D eigenvalue weighted by Gasteiger charge is 2.17. The number of anilines is 1. The van der Waals surface area contributed by atoms with Crippen LogP contribution in [-0.2, 0) is 4.79 Å². The van der Waals surface area contributed by atoms with Crippen molar-refractivity contribution in [3.05, 3.63) is 89.0 Å². The van der Waals surface area contributed by atoms with E-state index >= 15 is 0 Å². The summed E-state index contributed by atoms with van der Waals surface area (Å²) < 4.78 is 5.49. The minimum Gasteiger partial charge on any atom is -0.495 e. The number of hydrogen-bond acceptors (Lipinski definition) is 3. The van der Waals surface area contributed by atoms with Gasteiger partial charge in [0.2, 0.25) is 0 Å². The fourth-order valence-corrected chi connectivity index (χ4v) is 3.51. The third-order valence-corrected chi connectivity index (χ3v) is 5.13. The molecular weight excluding hydrogens is 410 g/mol. The number of carbonyl (C=O) groups excluding carboxylic acids is 1. The number of para-hydroxylation sites is 1. The standard InChI is InChI=1S/C25H18ClN3O2/c1-31-22-9-5-8-20-21(23(29-24(20)22)16-6-3-2-4-7-16)14-17(15-27)25(30)28-19-12-10-18(26)11-13-19/h2-14,29H,1H3,(H,28,30)/b17-14+. The maximum Gasteiger partial charge on any atom is 0.266 e. The number of methoxy groups -OCH3 is 1. The minimum atomic E-state index is -0.499. The van der Waals surface area contributed by atoms with Crippen molar-refractivity contribution in [1.29, 1.82) is 5.26 Å². The van der Waals surface area contributed by atoms with Gasteiger partial charge in [0.15, 0.2) is 0 Å². The highest BCUT2D eigenvalue weighted by atomic mass is 35.5. The summed E-state index contributed by atoms with van der Waals surface area (Å²) in [7, 11) is 1.60. The Kier molecular flexibility index (Phi) is 5.74. The number of rotatable bonds is 5. The number of benzene rings is 3. The molecule has 2 N–H and O–H groups in total. The van der Waals surface area contributed by atoms with Gasteiger partial charge in [-0.2, -0.15) is 5.26 Å². The second kappa shape index (κ2) is 8.78. The highest BCUT2D eigenvalue weighted by Crippen LogP contribution is 2.36. The maximum atomic E-state index is 12.8. The Morgan fingerprint density at radius 1 is 1.06 bits per heavy atom. The lowest BCUT2D eigenvalue weighted by Crippen LogP contribution is -2.13. The smallest absolute Gasteiger partial charge is 0.266 e. The van der Waals surface area contributed by atoms with Crippen LogP contribution in [0.4, 0.5) is 5.69 Å². The van der Waals surface area contributed by atoms with E-state index in [1.807, 2.05) is 54.6 Å². The van der Waals surface area contributed by atoms with Crippen LogP contribution in [0.5, 0.6) is 5.75 Å². The Hall–Kier alpha value is -4.01. The van der Waals surface area contributed by atoms with Crippen LogP contribution in [0.2, 0.25) is 5.02 Å². The highest BCUT2D eigenvalue weighted by molar-refractivity contribution is 6.30. The molecule has 1 aromatic heterocycles. The van der Waals surface area contributed by atoms with Gasteiger partial charge in [-0.15, -0.1) is 0 Å². The summed E-state index contributed by atoms with van der Waals surface area (Å²) in [5.41, 5.74) is 3.80. The van der Waals surface area contributed by atoms with E-state index in [1.165, 1.54) is 0 Å². The van der Waals surface area contributed by atoms with E-state index in [4.69, 9.17) is 16.3 Å². The molecule has 0 fully saturated rings. The number of nitrogens with one attached hydrogen (secondary N) is 2. The van der Waals surface area contributed by atoms with Crippen molar-refractivity contribution in [3.63, 3.8) is 0 Å².